The molecule has 1 amide bonds. The van der Waals surface area contributed by atoms with Crippen molar-refractivity contribution in [2.24, 2.45) is 5.92 Å². The highest BCUT2D eigenvalue weighted by atomic mass is 35.5. The molecular weight excluding hydrogens is 402 g/mol. The topological polar surface area (TPSA) is 79.0 Å². The molecule has 28 heavy (non-hydrogen) atoms. The summed E-state index contributed by atoms with van der Waals surface area (Å²) in [6.45, 7) is 5.61. The lowest BCUT2D eigenvalue weighted by atomic mass is 9.99. The number of hydrogen-bond donors (Lipinski definition) is 1. The zero-order valence-corrected chi connectivity index (χ0v) is 18.4. The summed E-state index contributed by atoms with van der Waals surface area (Å²) in [7, 11) is -2.25. The number of carbonyl (C=O) groups is 1. The molecule has 1 aromatic carbocycles. The molecule has 1 saturated heterocycles. The van der Waals surface area contributed by atoms with Gasteiger partial charge < -0.3 is 15.0 Å². The Morgan fingerprint density at radius 1 is 1.36 bits per heavy atom. The molecule has 0 unspecified atom stereocenters. The number of nitrogens with zero attached hydrogens (tertiary/aromatic N) is 2. The largest absolute Gasteiger partial charge is 0.495 e. The minimum absolute atomic E-state index is 0.245. The average Bonchev–Trinajstić information content (AvgIpc) is 2.64. The van der Waals surface area contributed by atoms with Gasteiger partial charge in [-0.3, -0.25) is 9.10 Å². The van der Waals surface area contributed by atoms with Crippen molar-refractivity contribution in [2.75, 3.05) is 50.4 Å². The van der Waals surface area contributed by atoms with Crippen molar-refractivity contribution in [3.63, 3.8) is 0 Å². The fourth-order valence-corrected chi connectivity index (χ4v) is 4.26. The molecule has 0 spiro atoms. The van der Waals surface area contributed by atoms with Crippen LogP contribution >= 0.6 is 11.6 Å². The van der Waals surface area contributed by atoms with Gasteiger partial charge in [0.2, 0.25) is 15.9 Å². The van der Waals surface area contributed by atoms with E-state index in [4.69, 9.17) is 16.3 Å². The number of anilines is 1. The molecule has 9 heteroatoms. The number of piperidine rings is 1. The number of nitrogens with one attached hydrogen (secondary N) is 1. The summed E-state index contributed by atoms with van der Waals surface area (Å²) in [5.74, 6) is 0.767. The smallest absolute Gasteiger partial charge is 0.240 e. The lowest BCUT2D eigenvalue weighted by Gasteiger charge is -2.30. The number of likely N-dealkylation sites (tertiary alicyclic amines) is 1. The van der Waals surface area contributed by atoms with Crippen LogP contribution in [0.1, 0.15) is 26.2 Å². The summed E-state index contributed by atoms with van der Waals surface area (Å²) < 4.78 is 30.7. The summed E-state index contributed by atoms with van der Waals surface area (Å²) in [5.41, 5.74) is 0.245. The molecular formula is C19H30ClN3O4S. The van der Waals surface area contributed by atoms with Crippen molar-refractivity contribution in [2.45, 2.75) is 26.2 Å². The molecule has 0 bridgehead atoms. The molecule has 0 aromatic heterocycles. The molecule has 0 radical (unpaired) electrons. The fourth-order valence-electron chi connectivity index (χ4n) is 3.24. The molecule has 0 aliphatic carbocycles. The summed E-state index contributed by atoms with van der Waals surface area (Å²) in [6.07, 6.45) is 4.33. The van der Waals surface area contributed by atoms with E-state index >= 15 is 0 Å². The van der Waals surface area contributed by atoms with E-state index < -0.39 is 10.0 Å². The molecule has 1 aromatic rings. The van der Waals surface area contributed by atoms with Gasteiger partial charge in [0.15, 0.2) is 0 Å². The van der Waals surface area contributed by atoms with Gasteiger partial charge in [0, 0.05) is 11.6 Å². The number of methoxy groups -OCH3 is 1. The highest BCUT2D eigenvalue weighted by molar-refractivity contribution is 7.92. The second-order valence-corrected chi connectivity index (χ2v) is 9.66. The van der Waals surface area contributed by atoms with Gasteiger partial charge in [-0.05, 0) is 63.0 Å². The van der Waals surface area contributed by atoms with E-state index in [9.17, 15) is 13.2 Å². The zero-order valence-electron chi connectivity index (χ0n) is 16.8. The van der Waals surface area contributed by atoms with E-state index in [-0.39, 0.29) is 18.1 Å². The second-order valence-electron chi connectivity index (χ2n) is 7.31. The number of ether oxygens (including phenoxy) is 1. The van der Waals surface area contributed by atoms with E-state index in [1.165, 1.54) is 26.0 Å². The number of hydrogen-bond acceptors (Lipinski definition) is 5. The quantitative estimate of drug-likeness (QED) is 0.607. The minimum atomic E-state index is -3.69. The minimum Gasteiger partial charge on any atom is -0.495 e. The van der Waals surface area contributed by atoms with Crippen LogP contribution in [0.3, 0.4) is 0 Å². The van der Waals surface area contributed by atoms with Crippen molar-refractivity contribution in [1.82, 2.24) is 10.2 Å². The van der Waals surface area contributed by atoms with Gasteiger partial charge in [0.05, 0.1) is 19.1 Å². The first-order chi connectivity index (χ1) is 13.2. The number of rotatable bonds is 9. The number of amides is 1. The van der Waals surface area contributed by atoms with Crippen LogP contribution in [0.15, 0.2) is 18.2 Å². The van der Waals surface area contributed by atoms with Crippen LogP contribution in [-0.2, 0) is 14.8 Å². The number of sulfonamides is 1. The molecule has 2 rings (SSSR count). The van der Waals surface area contributed by atoms with E-state index in [1.807, 2.05) is 0 Å². The van der Waals surface area contributed by atoms with E-state index in [0.717, 1.165) is 42.5 Å². The molecule has 7 nitrogen and oxygen atoms in total. The lowest BCUT2D eigenvalue weighted by Crippen LogP contribution is -2.41. The Hall–Kier alpha value is -1.51. The van der Waals surface area contributed by atoms with Crippen molar-refractivity contribution >= 4 is 33.2 Å². The Morgan fingerprint density at radius 2 is 2.04 bits per heavy atom. The Labute approximate surface area is 173 Å². The Kier molecular flexibility index (Phi) is 8.39. The van der Waals surface area contributed by atoms with Crippen LogP contribution in [0.4, 0.5) is 5.69 Å². The number of benzene rings is 1. The molecule has 1 fully saturated rings. The SMILES string of the molecule is COc1ccc(Cl)cc1N(CC(=O)NCCCN1CCC(C)CC1)S(C)(=O)=O. The molecule has 1 aliphatic rings. The van der Waals surface area contributed by atoms with Crippen LogP contribution in [0.2, 0.25) is 5.02 Å². The molecule has 0 atom stereocenters. The predicted molar refractivity (Wildman–Crippen MR) is 113 cm³/mol. The zero-order chi connectivity index (χ0) is 20.7. The molecule has 158 valence electrons. The first-order valence-electron chi connectivity index (χ1n) is 9.51. The van der Waals surface area contributed by atoms with Crippen molar-refractivity contribution < 1.29 is 17.9 Å². The van der Waals surface area contributed by atoms with Crippen molar-refractivity contribution in [1.29, 1.82) is 0 Å². The fraction of sp³-hybridized carbons (Fsp3) is 0.632. The Morgan fingerprint density at radius 3 is 2.64 bits per heavy atom. The van der Waals surface area contributed by atoms with Gasteiger partial charge in [-0.15, -0.1) is 0 Å². The second kappa shape index (κ2) is 10.3. The third kappa shape index (κ3) is 6.83. The molecule has 1 heterocycles. The van der Waals surface area contributed by atoms with Crippen molar-refractivity contribution in [3.8, 4) is 5.75 Å². The third-order valence-corrected chi connectivity index (χ3v) is 6.31. The maximum atomic E-state index is 12.3. The van der Waals surface area contributed by atoms with Gasteiger partial charge in [-0.25, -0.2) is 8.42 Å². The van der Waals surface area contributed by atoms with Gasteiger partial charge >= 0.3 is 0 Å². The predicted octanol–water partition coefficient (Wildman–Crippen LogP) is 2.35. The highest BCUT2D eigenvalue weighted by Crippen LogP contribution is 2.32. The van der Waals surface area contributed by atoms with Crippen LogP contribution in [-0.4, -0.2) is 65.3 Å². The van der Waals surface area contributed by atoms with Crippen LogP contribution in [0.5, 0.6) is 5.75 Å². The maximum absolute atomic E-state index is 12.3. The first-order valence-corrected chi connectivity index (χ1v) is 11.7. The van der Waals surface area contributed by atoms with Crippen LogP contribution in [0, 0.1) is 5.92 Å². The summed E-state index contributed by atoms with van der Waals surface area (Å²) >= 11 is 6.01. The average molecular weight is 432 g/mol. The summed E-state index contributed by atoms with van der Waals surface area (Å²) in [4.78, 5) is 14.8. The van der Waals surface area contributed by atoms with Gasteiger partial charge in [-0.1, -0.05) is 18.5 Å². The first kappa shape index (κ1) is 22.8. The standard InChI is InChI=1S/C19H30ClN3O4S/c1-15-7-11-22(12-8-15)10-4-9-21-19(24)14-23(28(3,25)26)17-13-16(20)5-6-18(17)27-2/h5-6,13,15H,4,7-12,14H2,1-3H3,(H,21,24). The Bertz CT molecular complexity index is 764. The Balaban J connectivity index is 1.91. The van der Waals surface area contributed by atoms with Gasteiger partial charge in [0.1, 0.15) is 12.3 Å². The van der Waals surface area contributed by atoms with Gasteiger partial charge in [0.25, 0.3) is 0 Å². The number of halogens is 1. The summed E-state index contributed by atoms with van der Waals surface area (Å²) in [5, 5.41) is 3.17. The molecule has 1 aliphatic heterocycles. The molecule has 0 saturated carbocycles. The third-order valence-electron chi connectivity index (χ3n) is 4.95. The van der Waals surface area contributed by atoms with Crippen LogP contribution < -0.4 is 14.4 Å². The summed E-state index contributed by atoms with van der Waals surface area (Å²) in [6, 6.07) is 4.66. The molecule has 1 N–H and O–H groups in total. The van der Waals surface area contributed by atoms with Gasteiger partial charge in [-0.2, -0.15) is 0 Å². The number of carbonyl (C=O) groups excluding carboxylic acids is 1. The van der Waals surface area contributed by atoms with E-state index in [2.05, 4.69) is 17.1 Å². The van der Waals surface area contributed by atoms with Crippen molar-refractivity contribution in [3.05, 3.63) is 23.2 Å². The monoisotopic (exact) mass is 431 g/mol. The van der Waals surface area contributed by atoms with E-state index in [0.29, 0.717) is 17.3 Å². The lowest BCUT2D eigenvalue weighted by molar-refractivity contribution is -0.119. The maximum Gasteiger partial charge on any atom is 0.240 e. The highest BCUT2D eigenvalue weighted by Gasteiger charge is 2.24. The normalized spacial score (nSPS) is 16.0. The van der Waals surface area contributed by atoms with Crippen LogP contribution in [0.25, 0.3) is 0 Å². The van der Waals surface area contributed by atoms with E-state index in [1.54, 1.807) is 12.1 Å².